The molecule has 0 aromatic heterocycles. The second kappa shape index (κ2) is 6.54. The molecule has 104 valence electrons. The first-order chi connectivity index (χ1) is 9.18. The molecule has 0 radical (unpaired) electrons. The minimum absolute atomic E-state index is 0.164. The van der Waals surface area contributed by atoms with E-state index in [1.807, 2.05) is 42.2 Å². The Bertz CT molecular complexity index is 410. The van der Waals surface area contributed by atoms with Gasteiger partial charge in [0, 0.05) is 13.1 Å². The number of amides is 1. The Hall–Kier alpha value is -1.59. The zero-order valence-electron chi connectivity index (χ0n) is 11.1. The second-order valence-electron chi connectivity index (χ2n) is 4.62. The highest BCUT2D eigenvalue weighted by atomic mass is 16.5. The van der Waals surface area contributed by atoms with Crippen molar-refractivity contribution in [2.45, 2.75) is 19.1 Å². The molecule has 1 aromatic rings. The molecule has 1 aromatic carbocycles. The fourth-order valence-corrected chi connectivity index (χ4v) is 2.34. The van der Waals surface area contributed by atoms with Crippen LogP contribution in [-0.4, -0.2) is 49.3 Å². The molecule has 2 atom stereocenters. The van der Waals surface area contributed by atoms with Crippen molar-refractivity contribution in [2.75, 3.05) is 26.3 Å². The average Bonchev–Trinajstić information content (AvgIpc) is 2.39. The van der Waals surface area contributed by atoms with Crippen molar-refractivity contribution in [3.05, 3.63) is 30.3 Å². The van der Waals surface area contributed by atoms with Crippen LogP contribution >= 0.6 is 0 Å². The Morgan fingerprint density at radius 3 is 2.89 bits per heavy atom. The van der Waals surface area contributed by atoms with Crippen molar-refractivity contribution >= 4 is 5.91 Å². The Morgan fingerprint density at radius 1 is 1.47 bits per heavy atom. The molecule has 0 unspecified atom stereocenters. The molecule has 1 aliphatic rings. The number of nitrogens with two attached hydrogens (primary N) is 1. The van der Waals surface area contributed by atoms with Gasteiger partial charge >= 0.3 is 0 Å². The molecular weight excluding hydrogens is 244 g/mol. The number of morpholine rings is 1. The molecule has 0 bridgehead atoms. The lowest BCUT2D eigenvalue weighted by Crippen LogP contribution is -2.57. The summed E-state index contributed by atoms with van der Waals surface area (Å²) in [5, 5.41) is 0. The van der Waals surface area contributed by atoms with Crippen molar-refractivity contribution in [3.63, 3.8) is 0 Å². The summed E-state index contributed by atoms with van der Waals surface area (Å²) in [7, 11) is 0. The largest absolute Gasteiger partial charge is 0.492 e. The van der Waals surface area contributed by atoms with Gasteiger partial charge in [-0.3, -0.25) is 9.69 Å². The van der Waals surface area contributed by atoms with Crippen LogP contribution in [0.3, 0.4) is 0 Å². The maximum atomic E-state index is 11.5. The van der Waals surface area contributed by atoms with Gasteiger partial charge in [-0.05, 0) is 19.1 Å². The lowest BCUT2D eigenvalue weighted by Gasteiger charge is -2.37. The van der Waals surface area contributed by atoms with Crippen LogP contribution in [0.2, 0.25) is 0 Å². The minimum atomic E-state index is -0.367. The van der Waals surface area contributed by atoms with Gasteiger partial charge in [0.2, 0.25) is 5.91 Å². The molecule has 0 aliphatic carbocycles. The van der Waals surface area contributed by atoms with Crippen LogP contribution < -0.4 is 10.5 Å². The first kappa shape index (κ1) is 13.8. The van der Waals surface area contributed by atoms with Crippen molar-refractivity contribution in [1.29, 1.82) is 0 Å². The van der Waals surface area contributed by atoms with E-state index in [1.54, 1.807) is 0 Å². The van der Waals surface area contributed by atoms with E-state index in [0.29, 0.717) is 26.3 Å². The van der Waals surface area contributed by atoms with E-state index in [0.717, 1.165) is 5.75 Å². The van der Waals surface area contributed by atoms with Crippen LogP contribution in [0.25, 0.3) is 0 Å². The van der Waals surface area contributed by atoms with E-state index in [4.69, 9.17) is 15.2 Å². The summed E-state index contributed by atoms with van der Waals surface area (Å²) < 4.78 is 11.1. The Labute approximate surface area is 113 Å². The first-order valence-electron chi connectivity index (χ1n) is 6.51. The zero-order valence-corrected chi connectivity index (χ0v) is 11.1. The van der Waals surface area contributed by atoms with Gasteiger partial charge < -0.3 is 15.2 Å². The molecule has 19 heavy (non-hydrogen) atoms. The monoisotopic (exact) mass is 264 g/mol. The van der Waals surface area contributed by atoms with E-state index >= 15 is 0 Å². The van der Waals surface area contributed by atoms with Gasteiger partial charge in [-0.2, -0.15) is 0 Å². The Kier molecular flexibility index (Phi) is 4.76. The summed E-state index contributed by atoms with van der Waals surface area (Å²) in [5.41, 5.74) is 5.43. The molecule has 1 fully saturated rings. The SMILES string of the molecule is C[C@H]1OCCN(CCOc2ccccc2)[C@@H]1C(N)=O. The number of carbonyl (C=O) groups excluding carboxylic acids is 1. The average molecular weight is 264 g/mol. The topological polar surface area (TPSA) is 64.8 Å². The van der Waals surface area contributed by atoms with Crippen molar-refractivity contribution in [3.8, 4) is 5.75 Å². The summed E-state index contributed by atoms with van der Waals surface area (Å²) in [4.78, 5) is 13.5. The number of para-hydroxylation sites is 1. The third-order valence-electron chi connectivity index (χ3n) is 3.28. The number of benzene rings is 1. The van der Waals surface area contributed by atoms with Crippen LogP contribution in [0, 0.1) is 0 Å². The highest BCUT2D eigenvalue weighted by Crippen LogP contribution is 2.14. The molecule has 0 spiro atoms. The molecule has 0 saturated carbocycles. The number of carbonyl (C=O) groups is 1. The van der Waals surface area contributed by atoms with Crippen LogP contribution in [0.1, 0.15) is 6.92 Å². The number of nitrogens with zero attached hydrogens (tertiary/aromatic N) is 1. The predicted molar refractivity (Wildman–Crippen MR) is 71.9 cm³/mol. The summed E-state index contributed by atoms with van der Waals surface area (Å²) in [6.45, 7) is 4.39. The van der Waals surface area contributed by atoms with Crippen molar-refractivity contribution in [1.82, 2.24) is 4.90 Å². The van der Waals surface area contributed by atoms with Gasteiger partial charge in [0.05, 0.1) is 12.7 Å². The van der Waals surface area contributed by atoms with Gasteiger partial charge in [-0.15, -0.1) is 0 Å². The highest BCUT2D eigenvalue weighted by Gasteiger charge is 2.33. The number of ether oxygens (including phenoxy) is 2. The Balaban J connectivity index is 1.85. The molecule has 1 saturated heterocycles. The van der Waals surface area contributed by atoms with Crippen LogP contribution in [0.4, 0.5) is 0 Å². The lowest BCUT2D eigenvalue weighted by molar-refractivity contribution is -0.136. The molecular formula is C14H20N2O3. The molecule has 1 amide bonds. The van der Waals surface area contributed by atoms with Crippen LogP contribution in [0.15, 0.2) is 30.3 Å². The van der Waals surface area contributed by atoms with Crippen molar-refractivity contribution < 1.29 is 14.3 Å². The van der Waals surface area contributed by atoms with Gasteiger partial charge in [-0.1, -0.05) is 18.2 Å². The minimum Gasteiger partial charge on any atom is -0.492 e. The predicted octanol–water partition coefficient (Wildman–Crippen LogP) is 0.640. The van der Waals surface area contributed by atoms with Gasteiger partial charge in [-0.25, -0.2) is 0 Å². The molecule has 1 aliphatic heterocycles. The third kappa shape index (κ3) is 3.68. The molecule has 1 heterocycles. The summed E-state index contributed by atoms with van der Waals surface area (Å²) in [5.74, 6) is 0.492. The molecule has 5 nitrogen and oxygen atoms in total. The zero-order chi connectivity index (χ0) is 13.7. The molecule has 2 rings (SSSR count). The van der Waals surface area contributed by atoms with Gasteiger partial charge in [0.25, 0.3) is 0 Å². The van der Waals surface area contributed by atoms with Gasteiger partial charge in [0.15, 0.2) is 0 Å². The number of rotatable bonds is 5. The third-order valence-corrected chi connectivity index (χ3v) is 3.28. The fourth-order valence-electron chi connectivity index (χ4n) is 2.34. The Morgan fingerprint density at radius 2 is 2.21 bits per heavy atom. The van der Waals surface area contributed by atoms with Gasteiger partial charge in [0.1, 0.15) is 18.4 Å². The van der Waals surface area contributed by atoms with E-state index in [1.165, 1.54) is 0 Å². The smallest absolute Gasteiger partial charge is 0.237 e. The van der Waals surface area contributed by atoms with Crippen LogP contribution in [0.5, 0.6) is 5.75 Å². The maximum absolute atomic E-state index is 11.5. The van der Waals surface area contributed by atoms with Crippen LogP contribution in [-0.2, 0) is 9.53 Å². The summed E-state index contributed by atoms with van der Waals surface area (Å²) >= 11 is 0. The molecule has 2 N–H and O–H groups in total. The number of hydrogen-bond donors (Lipinski definition) is 1. The van der Waals surface area contributed by atoms with E-state index in [-0.39, 0.29) is 18.1 Å². The number of hydrogen-bond acceptors (Lipinski definition) is 4. The van der Waals surface area contributed by atoms with Crippen molar-refractivity contribution in [2.24, 2.45) is 5.73 Å². The molecule has 5 heteroatoms. The summed E-state index contributed by atoms with van der Waals surface area (Å²) in [6.07, 6.45) is -0.164. The fraction of sp³-hybridized carbons (Fsp3) is 0.500. The quantitative estimate of drug-likeness (QED) is 0.847. The normalized spacial score (nSPS) is 24.1. The summed E-state index contributed by atoms with van der Waals surface area (Å²) in [6, 6.07) is 9.25. The van der Waals surface area contributed by atoms with E-state index in [9.17, 15) is 4.79 Å². The lowest BCUT2D eigenvalue weighted by atomic mass is 10.1. The second-order valence-corrected chi connectivity index (χ2v) is 4.62. The maximum Gasteiger partial charge on any atom is 0.237 e. The number of primary amides is 1. The first-order valence-corrected chi connectivity index (χ1v) is 6.51. The van der Waals surface area contributed by atoms with E-state index in [2.05, 4.69) is 0 Å². The van der Waals surface area contributed by atoms with E-state index < -0.39 is 0 Å². The highest BCUT2D eigenvalue weighted by molar-refractivity contribution is 5.80. The standard InChI is InChI=1S/C14H20N2O3/c1-11-13(14(15)17)16(7-9-18-11)8-10-19-12-5-3-2-4-6-12/h2-6,11,13H,7-10H2,1H3,(H2,15,17)/t11-,13+/m1/s1.